The normalized spacial score (nSPS) is 15.2. The standard InChI is InChI=1S/C10H14N2O/c1-7-6-11-10-9(8(7)2)12(3)4-5-13-10/h6H,4-5H2,1-3H3. The topological polar surface area (TPSA) is 25.4 Å². The van der Waals surface area contributed by atoms with Gasteiger partial charge in [-0.3, -0.25) is 0 Å². The number of ether oxygens (including phenoxy) is 1. The highest BCUT2D eigenvalue weighted by Gasteiger charge is 2.18. The molecule has 0 N–H and O–H groups in total. The van der Waals surface area contributed by atoms with Crippen LogP contribution >= 0.6 is 0 Å². The number of fused-ring (bicyclic) bond motifs is 1. The van der Waals surface area contributed by atoms with E-state index in [1.54, 1.807) is 0 Å². The molecule has 0 atom stereocenters. The van der Waals surface area contributed by atoms with Gasteiger partial charge in [-0.05, 0) is 25.0 Å². The zero-order valence-electron chi connectivity index (χ0n) is 8.29. The number of rotatable bonds is 0. The van der Waals surface area contributed by atoms with Crippen LogP contribution in [0.15, 0.2) is 6.20 Å². The molecule has 1 aliphatic rings. The highest BCUT2D eigenvalue weighted by atomic mass is 16.5. The Labute approximate surface area is 78.3 Å². The number of hydrogen-bond acceptors (Lipinski definition) is 3. The Morgan fingerprint density at radius 2 is 2.23 bits per heavy atom. The first-order valence-electron chi connectivity index (χ1n) is 4.50. The van der Waals surface area contributed by atoms with Crippen LogP contribution in [0.5, 0.6) is 5.88 Å². The number of nitrogens with zero attached hydrogens (tertiary/aromatic N) is 2. The smallest absolute Gasteiger partial charge is 0.237 e. The first kappa shape index (κ1) is 8.35. The molecule has 1 aromatic rings. The molecule has 0 fully saturated rings. The Morgan fingerprint density at radius 1 is 1.46 bits per heavy atom. The Kier molecular flexibility index (Phi) is 1.87. The molecule has 1 aromatic heterocycles. The van der Waals surface area contributed by atoms with Crippen molar-refractivity contribution in [3.8, 4) is 5.88 Å². The molecule has 0 bridgehead atoms. The summed E-state index contributed by atoms with van der Waals surface area (Å²) in [6.07, 6.45) is 1.87. The summed E-state index contributed by atoms with van der Waals surface area (Å²) in [5.74, 6) is 0.775. The van der Waals surface area contributed by atoms with E-state index in [9.17, 15) is 0 Å². The van der Waals surface area contributed by atoms with Crippen LogP contribution in [0.1, 0.15) is 11.1 Å². The van der Waals surface area contributed by atoms with Crippen molar-refractivity contribution in [3.63, 3.8) is 0 Å². The quantitative estimate of drug-likeness (QED) is 0.602. The molecule has 13 heavy (non-hydrogen) atoms. The van der Waals surface area contributed by atoms with Crippen molar-refractivity contribution < 1.29 is 4.74 Å². The molecule has 3 heteroatoms. The third kappa shape index (κ3) is 1.24. The lowest BCUT2D eigenvalue weighted by Crippen LogP contribution is -2.30. The minimum absolute atomic E-state index is 0.735. The highest BCUT2D eigenvalue weighted by molar-refractivity contribution is 5.63. The summed E-state index contributed by atoms with van der Waals surface area (Å²) in [6.45, 7) is 5.87. The van der Waals surface area contributed by atoms with Crippen LogP contribution < -0.4 is 9.64 Å². The van der Waals surface area contributed by atoms with Gasteiger partial charge >= 0.3 is 0 Å². The maximum absolute atomic E-state index is 5.48. The van der Waals surface area contributed by atoms with Crippen molar-refractivity contribution in [2.75, 3.05) is 25.1 Å². The lowest BCUT2D eigenvalue weighted by Gasteiger charge is -2.28. The van der Waals surface area contributed by atoms with Crippen LogP contribution in [-0.4, -0.2) is 25.2 Å². The molecule has 0 aromatic carbocycles. The van der Waals surface area contributed by atoms with Crippen molar-refractivity contribution in [3.05, 3.63) is 17.3 Å². The minimum Gasteiger partial charge on any atom is -0.474 e. The Bertz CT molecular complexity index is 336. The lowest BCUT2D eigenvalue weighted by atomic mass is 10.1. The number of aromatic nitrogens is 1. The SMILES string of the molecule is Cc1cnc2c(c1C)N(C)CCO2. The predicted octanol–water partition coefficient (Wildman–Crippen LogP) is 1.53. The first-order chi connectivity index (χ1) is 6.20. The summed E-state index contributed by atoms with van der Waals surface area (Å²) in [5, 5.41) is 0. The zero-order valence-corrected chi connectivity index (χ0v) is 8.29. The molecule has 0 aliphatic carbocycles. The molecule has 0 amide bonds. The second-order valence-corrected chi connectivity index (χ2v) is 3.49. The van der Waals surface area contributed by atoms with Gasteiger partial charge in [-0.2, -0.15) is 0 Å². The molecule has 0 spiro atoms. The van der Waals surface area contributed by atoms with E-state index < -0.39 is 0 Å². The van der Waals surface area contributed by atoms with Crippen LogP contribution in [0.3, 0.4) is 0 Å². The van der Waals surface area contributed by atoms with E-state index in [1.165, 1.54) is 11.1 Å². The van der Waals surface area contributed by atoms with Gasteiger partial charge in [-0.25, -0.2) is 4.98 Å². The number of anilines is 1. The van der Waals surface area contributed by atoms with Crippen molar-refractivity contribution in [1.29, 1.82) is 0 Å². The summed E-state index contributed by atoms with van der Waals surface area (Å²) >= 11 is 0. The fraction of sp³-hybridized carbons (Fsp3) is 0.500. The molecule has 0 saturated carbocycles. The summed E-state index contributed by atoms with van der Waals surface area (Å²) in [4.78, 5) is 6.47. The van der Waals surface area contributed by atoms with E-state index in [2.05, 4.69) is 30.8 Å². The zero-order chi connectivity index (χ0) is 9.42. The molecule has 0 radical (unpaired) electrons. The summed E-state index contributed by atoms with van der Waals surface area (Å²) in [6, 6.07) is 0. The van der Waals surface area contributed by atoms with Crippen LogP contribution in [0.25, 0.3) is 0 Å². The van der Waals surface area contributed by atoms with Crippen molar-refractivity contribution >= 4 is 5.69 Å². The molecule has 1 aliphatic heterocycles. The Hall–Kier alpha value is -1.25. The fourth-order valence-corrected chi connectivity index (χ4v) is 1.61. The molecule has 3 nitrogen and oxygen atoms in total. The van der Waals surface area contributed by atoms with E-state index in [0.717, 1.165) is 24.7 Å². The molecule has 0 unspecified atom stereocenters. The molecule has 70 valence electrons. The van der Waals surface area contributed by atoms with Gasteiger partial charge in [-0.1, -0.05) is 0 Å². The monoisotopic (exact) mass is 178 g/mol. The van der Waals surface area contributed by atoms with Crippen LogP contribution in [0.2, 0.25) is 0 Å². The van der Waals surface area contributed by atoms with Crippen molar-refractivity contribution in [2.24, 2.45) is 0 Å². The number of hydrogen-bond donors (Lipinski definition) is 0. The van der Waals surface area contributed by atoms with E-state index in [0.29, 0.717) is 0 Å². The Balaban J connectivity index is 2.58. The van der Waals surface area contributed by atoms with Gasteiger partial charge in [0.1, 0.15) is 12.3 Å². The van der Waals surface area contributed by atoms with Gasteiger partial charge in [0.2, 0.25) is 5.88 Å². The maximum Gasteiger partial charge on any atom is 0.237 e. The minimum atomic E-state index is 0.735. The van der Waals surface area contributed by atoms with Crippen LogP contribution in [0, 0.1) is 13.8 Å². The predicted molar refractivity (Wildman–Crippen MR) is 52.5 cm³/mol. The maximum atomic E-state index is 5.48. The van der Waals surface area contributed by atoms with Crippen LogP contribution in [-0.2, 0) is 0 Å². The second kappa shape index (κ2) is 2.91. The highest BCUT2D eigenvalue weighted by Crippen LogP contribution is 2.32. The third-order valence-corrected chi connectivity index (χ3v) is 2.57. The number of likely N-dealkylation sites (N-methyl/N-ethyl adjacent to an activating group) is 1. The Morgan fingerprint density at radius 3 is 3.00 bits per heavy atom. The van der Waals surface area contributed by atoms with Gasteiger partial charge in [0.05, 0.1) is 6.54 Å². The van der Waals surface area contributed by atoms with Gasteiger partial charge < -0.3 is 9.64 Å². The molecule has 2 heterocycles. The van der Waals surface area contributed by atoms with Gasteiger partial charge in [0.25, 0.3) is 0 Å². The van der Waals surface area contributed by atoms with E-state index >= 15 is 0 Å². The average Bonchev–Trinajstić information content (AvgIpc) is 2.12. The molecular formula is C10H14N2O. The van der Waals surface area contributed by atoms with Gasteiger partial charge in [0.15, 0.2) is 0 Å². The average molecular weight is 178 g/mol. The summed E-state index contributed by atoms with van der Waals surface area (Å²) in [7, 11) is 2.08. The second-order valence-electron chi connectivity index (χ2n) is 3.49. The van der Waals surface area contributed by atoms with E-state index in [-0.39, 0.29) is 0 Å². The molecule has 2 rings (SSSR count). The largest absolute Gasteiger partial charge is 0.474 e. The molecule has 0 saturated heterocycles. The fourth-order valence-electron chi connectivity index (χ4n) is 1.61. The van der Waals surface area contributed by atoms with Gasteiger partial charge in [-0.15, -0.1) is 0 Å². The first-order valence-corrected chi connectivity index (χ1v) is 4.50. The van der Waals surface area contributed by atoms with Crippen molar-refractivity contribution in [2.45, 2.75) is 13.8 Å². The summed E-state index contributed by atoms with van der Waals surface area (Å²) in [5.41, 5.74) is 3.63. The lowest BCUT2D eigenvalue weighted by molar-refractivity contribution is 0.298. The van der Waals surface area contributed by atoms with E-state index in [4.69, 9.17) is 4.74 Å². The third-order valence-electron chi connectivity index (χ3n) is 2.57. The summed E-state index contributed by atoms with van der Waals surface area (Å²) < 4.78 is 5.48. The van der Waals surface area contributed by atoms with E-state index in [1.807, 2.05) is 6.20 Å². The van der Waals surface area contributed by atoms with Crippen LogP contribution in [0.4, 0.5) is 5.69 Å². The number of pyridine rings is 1. The van der Waals surface area contributed by atoms with Crippen molar-refractivity contribution in [1.82, 2.24) is 4.98 Å². The van der Waals surface area contributed by atoms with Gasteiger partial charge in [0, 0.05) is 13.2 Å². The molecular weight excluding hydrogens is 164 g/mol. The number of aryl methyl sites for hydroxylation is 1.